The zero-order valence-electron chi connectivity index (χ0n) is 9.58. The van der Waals surface area contributed by atoms with E-state index in [9.17, 15) is 4.39 Å². The number of halogens is 2. The van der Waals surface area contributed by atoms with E-state index in [4.69, 9.17) is 11.6 Å². The summed E-state index contributed by atoms with van der Waals surface area (Å²) in [5.74, 6) is 0.664. The van der Waals surface area contributed by atoms with Crippen LogP contribution in [0.25, 0.3) is 0 Å². The normalized spacial score (nSPS) is 30.4. The summed E-state index contributed by atoms with van der Waals surface area (Å²) in [6.45, 7) is 4.32. The Morgan fingerprint density at radius 1 is 1.25 bits per heavy atom. The van der Waals surface area contributed by atoms with E-state index in [1.807, 2.05) is 0 Å². The van der Waals surface area contributed by atoms with Gasteiger partial charge in [-0.25, -0.2) is 14.4 Å². The van der Waals surface area contributed by atoms with Crippen molar-refractivity contribution in [2.45, 2.75) is 39.0 Å². The molecule has 4 heteroatoms. The smallest absolute Gasteiger partial charge is 0.182 e. The van der Waals surface area contributed by atoms with Gasteiger partial charge in [-0.3, -0.25) is 0 Å². The van der Waals surface area contributed by atoms with E-state index >= 15 is 0 Å². The van der Waals surface area contributed by atoms with Crippen molar-refractivity contribution in [1.82, 2.24) is 9.97 Å². The van der Waals surface area contributed by atoms with Crippen LogP contribution in [0.15, 0.2) is 6.33 Å². The fraction of sp³-hybridized carbons (Fsp3) is 0.667. The maximum absolute atomic E-state index is 13.9. The Kier molecular flexibility index (Phi) is 3.43. The first-order valence-electron chi connectivity index (χ1n) is 5.77. The van der Waals surface area contributed by atoms with Crippen molar-refractivity contribution in [2.75, 3.05) is 0 Å². The summed E-state index contributed by atoms with van der Waals surface area (Å²) >= 11 is 5.70. The van der Waals surface area contributed by atoms with Crippen molar-refractivity contribution in [1.29, 1.82) is 0 Å². The van der Waals surface area contributed by atoms with Gasteiger partial charge in [-0.2, -0.15) is 0 Å². The molecule has 2 rings (SSSR count). The van der Waals surface area contributed by atoms with Crippen molar-refractivity contribution >= 4 is 11.6 Å². The van der Waals surface area contributed by atoms with E-state index in [0.717, 1.165) is 12.8 Å². The molecule has 0 aromatic carbocycles. The van der Waals surface area contributed by atoms with Gasteiger partial charge < -0.3 is 0 Å². The van der Waals surface area contributed by atoms with Gasteiger partial charge >= 0.3 is 0 Å². The van der Waals surface area contributed by atoms with E-state index in [0.29, 0.717) is 17.5 Å². The van der Waals surface area contributed by atoms with Crippen LogP contribution in [0, 0.1) is 17.7 Å². The van der Waals surface area contributed by atoms with Crippen LogP contribution in [-0.4, -0.2) is 9.97 Å². The van der Waals surface area contributed by atoms with Crippen LogP contribution < -0.4 is 0 Å². The lowest BCUT2D eigenvalue weighted by molar-refractivity contribution is 0.238. The molecule has 2 atom stereocenters. The summed E-state index contributed by atoms with van der Waals surface area (Å²) in [4.78, 5) is 7.76. The first-order chi connectivity index (χ1) is 7.61. The van der Waals surface area contributed by atoms with Gasteiger partial charge in [0.2, 0.25) is 0 Å². The molecule has 0 amide bonds. The largest absolute Gasteiger partial charge is 0.238 e. The predicted molar refractivity (Wildman–Crippen MR) is 61.9 cm³/mol. The molecule has 1 aliphatic carbocycles. The van der Waals surface area contributed by atoms with Gasteiger partial charge in [-0.1, -0.05) is 44.7 Å². The molecule has 2 nitrogen and oxygen atoms in total. The number of hydrogen-bond donors (Lipinski definition) is 0. The van der Waals surface area contributed by atoms with E-state index < -0.39 is 5.82 Å². The maximum Gasteiger partial charge on any atom is 0.182 e. The molecule has 0 spiro atoms. The fourth-order valence-corrected chi connectivity index (χ4v) is 2.95. The molecular formula is C12H16ClFN2. The van der Waals surface area contributed by atoms with E-state index in [2.05, 4.69) is 23.8 Å². The van der Waals surface area contributed by atoms with Crippen molar-refractivity contribution in [3.8, 4) is 0 Å². The number of nitrogens with zero attached hydrogens (tertiary/aromatic N) is 2. The van der Waals surface area contributed by atoms with Crippen LogP contribution in [0.4, 0.5) is 4.39 Å². The van der Waals surface area contributed by atoms with Crippen LogP contribution in [-0.2, 0) is 0 Å². The van der Waals surface area contributed by atoms with Crippen LogP contribution in [0.2, 0.25) is 5.15 Å². The monoisotopic (exact) mass is 242 g/mol. The first-order valence-corrected chi connectivity index (χ1v) is 6.15. The Hall–Kier alpha value is -0.700. The number of aromatic nitrogens is 2. The molecule has 0 aliphatic heterocycles. The molecule has 88 valence electrons. The minimum Gasteiger partial charge on any atom is -0.238 e. The molecule has 0 radical (unpaired) electrons. The summed E-state index contributed by atoms with van der Waals surface area (Å²) in [6.07, 6.45) is 4.85. The molecule has 0 N–H and O–H groups in total. The molecule has 1 aliphatic rings. The van der Waals surface area contributed by atoms with Gasteiger partial charge in [0, 0.05) is 5.92 Å². The summed E-state index contributed by atoms with van der Waals surface area (Å²) in [5.41, 5.74) is 0.500. The van der Waals surface area contributed by atoms with Crippen LogP contribution >= 0.6 is 11.6 Å². The van der Waals surface area contributed by atoms with Gasteiger partial charge in [-0.15, -0.1) is 0 Å². The number of hydrogen-bond acceptors (Lipinski definition) is 2. The van der Waals surface area contributed by atoms with E-state index in [1.54, 1.807) is 0 Å². The molecule has 0 bridgehead atoms. The van der Waals surface area contributed by atoms with E-state index in [1.165, 1.54) is 12.7 Å². The molecule has 0 saturated heterocycles. The summed E-state index contributed by atoms with van der Waals surface area (Å²) in [6, 6.07) is 0. The highest BCUT2D eigenvalue weighted by molar-refractivity contribution is 6.29. The topological polar surface area (TPSA) is 25.8 Å². The third-order valence-electron chi connectivity index (χ3n) is 3.63. The lowest BCUT2D eigenvalue weighted by atomic mass is 9.72. The minimum atomic E-state index is -0.435. The zero-order chi connectivity index (χ0) is 11.7. The van der Waals surface area contributed by atoms with Crippen molar-refractivity contribution in [3.63, 3.8) is 0 Å². The lowest BCUT2D eigenvalue weighted by Gasteiger charge is -2.34. The summed E-state index contributed by atoms with van der Waals surface area (Å²) in [7, 11) is 0. The minimum absolute atomic E-state index is 0.0602. The molecule has 1 fully saturated rings. The second-order valence-electron chi connectivity index (χ2n) is 4.77. The molecule has 1 heterocycles. The summed E-state index contributed by atoms with van der Waals surface area (Å²) in [5, 5.41) is -0.0602. The van der Waals surface area contributed by atoms with Crippen LogP contribution in [0.3, 0.4) is 0 Å². The third kappa shape index (κ3) is 2.05. The molecule has 1 saturated carbocycles. The van der Waals surface area contributed by atoms with Crippen LogP contribution in [0.5, 0.6) is 0 Å². The lowest BCUT2D eigenvalue weighted by Crippen LogP contribution is -2.24. The first kappa shape index (κ1) is 11.8. The molecule has 2 unspecified atom stereocenters. The van der Waals surface area contributed by atoms with E-state index in [-0.39, 0.29) is 11.1 Å². The Balaban J connectivity index is 2.38. The number of rotatable bonds is 1. The Morgan fingerprint density at radius 2 is 1.88 bits per heavy atom. The average Bonchev–Trinajstić information content (AvgIpc) is 2.24. The fourth-order valence-electron chi connectivity index (χ4n) is 2.81. The molecule has 16 heavy (non-hydrogen) atoms. The highest BCUT2D eigenvalue weighted by Gasteiger charge is 2.32. The maximum atomic E-state index is 13.9. The van der Waals surface area contributed by atoms with Crippen molar-refractivity contribution in [2.24, 2.45) is 11.8 Å². The van der Waals surface area contributed by atoms with Gasteiger partial charge in [-0.05, 0) is 11.8 Å². The van der Waals surface area contributed by atoms with Crippen molar-refractivity contribution < 1.29 is 4.39 Å². The quantitative estimate of drug-likeness (QED) is 0.700. The van der Waals surface area contributed by atoms with Crippen LogP contribution in [0.1, 0.15) is 44.7 Å². The Morgan fingerprint density at radius 3 is 2.50 bits per heavy atom. The Labute approximate surface area is 100 Å². The molecule has 1 aromatic rings. The summed E-state index contributed by atoms with van der Waals surface area (Å²) < 4.78 is 13.9. The highest BCUT2D eigenvalue weighted by atomic mass is 35.5. The predicted octanol–water partition coefficient (Wildman–Crippen LogP) is 3.81. The van der Waals surface area contributed by atoms with Gasteiger partial charge in [0.05, 0.1) is 5.69 Å². The standard InChI is InChI=1S/C12H16ClFN2/c1-7-4-3-5-8(2)9(7)11-10(14)12(13)16-6-15-11/h6-9H,3-5H2,1-2H3. The van der Waals surface area contributed by atoms with Gasteiger partial charge in [0.25, 0.3) is 0 Å². The zero-order valence-corrected chi connectivity index (χ0v) is 10.3. The third-order valence-corrected chi connectivity index (χ3v) is 3.90. The molecule has 1 aromatic heterocycles. The van der Waals surface area contributed by atoms with Gasteiger partial charge in [0.1, 0.15) is 6.33 Å². The second kappa shape index (κ2) is 4.66. The SMILES string of the molecule is CC1CCCC(C)C1c1ncnc(Cl)c1F. The second-order valence-corrected chi connectivity index (χ2v) is 5.13. The Bertz CT molecular complexity index is 373. The average molecular weight is 243 g/mol. The highest BCUT2D eigenvalue weighted by Crippen LogP contribution is 2.42. The molecular weight excluding hydrogens is 227 g/mol. The van der Waals surface area contributed by atoms with Gasteiger partial charge in [0.15, 0.2) is 11.0 Å². The van der Waals surface area contributed by atoms with Crippen molar-refractivity contribution in [3.05, 3.63) is 23.0 Å².